The van der Waals surface area contributed by atoms with Crippen LogP contribution >= 0.6 is 0 Å². The maximum absolute atomic E-state index is 14.9. The van der Waals surface area contributed by atoms with Crippen LogP contribution in [0.25, 0.3) is 11.2 Å². The molecule has 1 aromatic carbocycles. The van der Waals surface area contributed by atoms with E-state index in [9.17, 15) is 37.1 Å². The summed E-state index contributed by atoms with van der Waals surface area (Å²) >= 11 is 0. The molecule has 0 radical (unpaired) electrons. The van der Waals surface area contributed by atoms with E-state index < -0.39 is 65.4 Å². The number of hydrogen-bond acceptors (Lipinski definition) is 9. The average molecular weight is 656 g/mol. The van der Waals surface area contributed by atoms with E-state index in [-0.39, 0.29) is 48.7 Å². The maximum atomic E-state index is 14.9. The van der Waals surface area contributed by atoms with Crippen molar-refractivity contribution < 1.29 is 46.5 Å². The average Bonchev–Trinajstić information content (AvgIpc) is 3.29. The van der Waals surface area contributed by atoms with Crippen molar-refractivity contribution in [2.24, 2.45) is 0 Å². The van der Waals surface area contributed by atoms with Gasteiger partial charge in [-0.1, -0.05) is 0 Å². The Morgan fingerprint density at radius 2 is 1.61 bits per heavy atom. The van der Waals surface area contributed by atoms with E-state index in [2.05, 4.69) is 25.6 Å². The SMILES string of the molecule is CC(C)(C)OC(=O)NCCCN(CCC(=O)O)c1ccc(F)c(C(F)(F)F)c1Cn1cnc2c(NC(=O)OC(C)(C)C)ncnc21. The van der Waals surface area contributed by atoms with E-state index in [0.29, 0.717) is 6.07 Å². The van der Waals surface area contributed by atoms with Crippen LogP contribution in [0.15, 0.2) is 24.8 Å². The number of carbonyl (C=O) groups excluding carboxylic acids is 2. The molecule has 0 fully saturated rings. The molecule has 13 nitrogen and oxygen atoms in total. The van der Waals surface area contributed by atoms with Gasteiger partial charge in [0.05, 0.1) is 24.9 Å². The number of fused-ring (bicyclic) bond motifs is 1. The number of aromatic nitrogens is 4. The minimum atomic E-state index is -5.12. The smallest absolute Gasteiger partial charge is 0.419 e. The Morgan fingerprint density at radius 1 is 0.957 bits per heavy atom. The van der Waals surface area contributed by atoms with Crippen LogP contribution in [0.5, 0.6) is 0 Å². The summed E-state index contributed by atoms with van der Waals surface area (Å²) in [5.74, 6) is -2.78. The van der Waals surface area contributed by atoms with Crippen LogP contribution in [0.4, 0.5) is 38.7 Å². The van der Waals surface area contributed by atoms with Gasteiger partial charge in [-0.15, -0.1) is 0 Å². The van der Waals surface area contributed by atoms with Crippen molar-refractivity contribution in [1.29, 1.82) is 0 Å². The largest absolute Gasteiger partial charge is 0.481 e. The molecular weight excluding hydrogens is 618 g/mol. The summed E-state index contributed by atoms with van der Waals surface area (Å²) in [7, 11) is 0. The van der Waals surface area contributed by atoms with E-state index >= 15 is 0 Å². The molecule has 0 aliphatic rings. The number of alkyl carbamates (subject to hydrolysis) is 1. The van der Waals surface area contributed by atoms with Gasteiger partial charge in [-0.3, -0.25) is 10.1 Å². The molecule has 46 heavy (non-hydrogen) atoms. The number of aliphatic carboxylic acids is 1. The van der Waals surface area contributed by atoms with Gasteiger partial charge in [-0.2, -0.15) is 13.2 Å². The number of ether oxygens (including phenoxy) is 2. The van der Waals surface area contributed by atoms with Gasteiger partial charge in [-0.25, -0.2) is 28.9 Å². The summed E-state index contributed by atoms with van der Waals surface area (Å²) in [6, 6.07) is 1.82. The first-order valence-electron chi connectivity index (χ1n) is 14.2. The van der Waals surface area contributed by atoms with Gasteiger partial charge in [0, 0.05) is 30.9 Å². The Morgan fingerprint density at radius 3 is 2.22 bits per heavy atom. The third-order valence-electron chi connectivity index (χ3n) is 6.08. The fraction of sp³-hybridized carbons (Fsp3) is 0.517. The monoisotopic (exact) mass is 655 g/mol. The number of nitrogens with zero attached hydrogens (tertiary/aromatic N) is 5. The predicted molar refractivity (Wildman–Crippen MR) is 159 cm³/mol. The van der Waals surface area contributed by atoms with Crippen LogP contribution in [0, 0.1) is 5.82 Å². The van der Waals surface area contributed by atoms with Crippen LogP contribution < -0.4 is 15.5 Å². The number of imidazole rings is 1. The number of halogens is 4. The number of hydrogen-bond donors (Lipinski definition) is 3. The summed E-state index contributed by atoms with van der Waals surface area (Å²) in [5.41, 5.74) is -3.62. The van der Waals surface area contributed by atoms with Crippen LogP contribution in [0.1, 0.15) is 65.5 Å². The van der Waals surface area contributed by atoms with Crippen molar-refractivity contribution in [1.82, 2.24) is 24.8 Å². The van der Waals surface area contributed by atoms with Gasteiger partial charge in [-0.05, 0) is 60.1 Å². The molecule has 0 saturated carbocycles. The summed E-state index contributed by atoms with van der Waals surface area (Å²) < 4.78 is 69.6. The zero-order valence-electron chi connectivity index (χ0n) is 26.3. The maximum Gasteiger partial charge on any atom is 0.419 e. The molecular formula is C29H37F4N7O6. The van der Waals surface area contributed by atoms with E-state index in [0.717, 1.165) is 12.4 Å². The molecule has 3 rings (SSSR count). The molecule has 0 bridgehead atoms. The molecule has 0 unspecified atom stereocenters. The second kappa shape index (κ2) is 14.2. The third kappa shape index (κ3) is 10.2. The molecule has 0 atom stereocenters. The highest BCUT2D eigenvalue weighted by molar-refractivity contribution is 5.93. The lowest BCUT2D eigenvalue weighted by Gasteiger charge is -2.29. The molecule has 2 amide bonds. The third-order valence-corrected chi connectivity index (χ3v) is 6.08. The molecule has 0 saturated heterocycles. The van der Waals surface area contributed by atoms with Crippen molar-refractivity contribution in [3.63, 3.8) is 0 Å². The number of nitrogens with one attached hydrogen (secondary N) is 2. The number of amides is 2. The van der Waals surface area contributed by atoms with Crippen molar-refractivity contribution in [2.75, 3.05) is 29.9 Å². The number of carboxylic acid groups (broad SMARTS) is 1. The molecule has 3 aromatic rings. The molecule has 0 aliphatic heterocycles. The Kier molecular flexibility index (Phi) is 11.0. The highest BCUT2D eigenvalue weighted by Crippen LogP contribution is 2.39. The summed E-state index contributed by atoms with van der Waals surface area (Å²) in [5, 5.41) is 14.3. The first kappa shape index (κ1) is 35.8. The van der Waals surface area contributed by atoms with E-state index in [1.54, 1.807) is 41.5 Å². The number of anilines is 2. The quantitative estimate of drug-likeness (QED) is 0.176. The van der Waals surface area contributed by atoms with Crippen LogP contribution in [-0.4, -0.2) is 73.6 Å². The van der Waals surface area contributed by atoms with Crippen LogP contribution in [0.3, 0.4) is 0 Å². The Balaban J connectivity index is 2.00. The van der Waals surface area contributed by atoms with Crippen LogP contribution in [0.2, 0.25) is 0 Å². The second-order valence-corrected chi connectivity index (χ2v) is 12.2. The van der Waals surface area contributed by atoms with Crippen LogP contribution in [-0.2, 0) is 27.0 Å². The van der Waals surface area contributed by atoms with Gasteiger partial charge < -0.3 is 29.4 Å². The van der Waals surface area contributed by atoms with Crippen molar-refractivity contribution in [3.8, 4) is 0 Å². The van der Waals surface area contributed by atoms with Crippen molar-refractivity contribution >= 4 is 40.8 Å². The Labute approximate surface area is 262 Å². The fourth-order valence-corrected chi connectivity index (χ4v) is 4.39. The number of benzene rings is 1. The Bertz CT molecular complexity index is 1560. The first-order chi connectivity index (χ1) is 21.2. The minimum absolute atomic E-state index is 0.00973. The highest BCUT2D eigenvalue weighted by atomic mass is 19.4. The minimum Gasteiger partial charge on any atom is -0.481 e. The van der Waals surface area contributed by atoms with Crippen molar-refractivity contribution in [3.05, 3.63) is 41.7 Å². The summed E-state index contributed by atoms with van der Waals surface area (Å²) in [6.45, 7) is 9.30. The van der Waals surface area contributed by atoms with Gasteiger partial charge in [0.15, 0.2) is 17.0 Å². The van der Waals surface area contributed by atoms with Gasteiger partial charge in [0.1, 0.15) is 23.3 Å². The molecule has 0 spiro atoms. The molecule has 3 N–H and O–H groups in total. The van der Waals surface area contributed by atoms with E-state index in [1.807, 2.05) is 0 Å². The lowest BCUT2D eigenvalue weighted by Crippen LogP contribution is -2.35. The summed E-state index contributed by atoms with van der Waals surface area (Å²) in [6.07, 6.45) is -4.66. The van der Waals surface area contributed by atoms with Crippen molar-refractivity contribution in [2.45, 2.75) is 78.3 Å². The fourth-order valence-electron chi connectivity index (χ4n) is 4.39. The Hall–Kier alpha value is -4.70. The standard InChI is InChI=1S/C29H37F4N7O6/c1-27(2,3)45-25(43)34-11-7-12-39(13-10-20(41)42)19-9-8-18(30)21(29(31,32)33)17(19)14-40-16-37-22-23(35-15-36-24(22)40)38-26(44)46-28(4,5)6/h8-9,15-16H,7,10-14H2,1-6H3,(H,34,43)(H,41,42)(H,35,36,38,44). The zero-order chi connectivity index (χ0) is 34.4. The molecule has 252 valence electrons. The summed E-state index contributed by atoms with van der Waals surface area (Å²) in [4.78, 5) is 49.4. The molecule has 2 heterocycles. The molecule has 0 aliphatic carbocycles. The van der Waals surface area contributed by atoms with Gasteiger partial charge in [0.2, 0.25) is 0 Å². The van der Waals surface area contributed by atoms with Gasteiger partial charge >= 0.3 is 24.3 Å². The second-order valence-electron chi connectivity index (χ2n) is 12.2. The predicted octanol–water partition coefficient (Wildman–Crippen LogP) is 5.58. The van der Waals surface area contributed by atoms with E-state index in [1.165, 1.54) is 15.8 Å². The highest BCUT2D eigenvalue weighted by Gasteiger charge is 2.39. The topological polar surface area (TPSA) is 161 Å². The normalized spacial score (nSPS) is 12.1. The first-order valence-corrected chi connectivity index (χ1v) is 14.2. The number of alkyl halides is 3. The lowest BCUT2D eigenvalue weighted by molar-refractivity contribution is -0.140. The van der Waals surface area contributed by atoms with E-state index in [4.69, 9.17) is 9.47 Å². The lowest BCUT2D eigenvalue weighted by atomic mass is 10.0. The molecule has 2 aromatic heterocycles. The zero-order valence-corrected chi connectivity index (χ0v) is 26.3. The molecule has 17 heteroatoms. The number of rotatable bonds is 11. The number of carboxylic acids is 1. The number of carbonyl (C=O) groups is 3. The van der Waals surface area contributed by atoms with Gasteiger partial charge in [0.25, 0.3) is 0 Å².